The number of hydrogen-bond acceptors (Lipinski definition) is 3. The molecule has 0 radical (unpaired) electrons. The third-order valence-electron chi connectivity index (χ3n) is 6.32. The Morgan fingerprint density at radius 1 is 0.971 bits per heavy atom. The molecule has 34 heavy (non-hydrogen) atoms. The molecule has 0 saturated carbocycles. The minimum atomic E-state index is -0.108. The highest BCUT2D eigenvalue weighted by Crippen LogP contribution is 2.42. The van der Waals surface area contributed by atoms with Crippen LogP contribution in [0.2, 0.25) is 0 Å². The van der Waals surface area contributed by atoms with Crippen molar-refractivity contribution in [1.29, 1.82) is 0 Å². The van der Waals surface area contributed by atoms with E-state index >= 15 is 0 Å². The van der Waals surface area contributed by atoms with Gasteiger partial charge in [0.25, 0.3) is 11.8 Å². The molecule has 0 unspecified atom stereocenters. The van der Waals surface area contributed by atoms with Crippen molar-refractivity contribution in [3.8, 4) is 0 Å². The van der Waals surface area contributed by atoms with Crippen LogP contribution < -0.4 is 15.1 Å². The van der Waals surface area contributed by atoms with Crippen molar-refractivity contribution in [3.05, 3.63) is 89.0 Å². The number of amides is 2. The second-order valence-corrected chi connectivity index (χ2v) is 9.70. The molecule has 0 atom stereocenters. The largest absolute Gasteiger partial charge is 0.346 e. The number of carbonyl (C=O) groups is 2. The van der Waals surface area contributed by atoms with Crippen LogP contribution in [0.15, 0.2) is 76.5 Å². The SMILES string of the molecule is CC[NH+](CC)CCNC(=O)c1ccc2c(c1)N(Cc1ccc(C)cc1)C(=O)c1ccccc1S2. The summed E-state index contributed by atoms with van der Waals surface area (Å²) in [5.74, 6) is -0.158. The number of anilines is 1. The summed E-state index contributed by atoms with van der Waals surface area (Å²) in [6.07, 6.45) is 0. The van der Waals surface area contributed by atoms with Crippen LogP contribution in [-0.4, -0.2) is 38.0 Å². The molecule has 1 heterocycles. The van der Waals surface area contributed by atoms with Crippen molar-refractivity contribution in [1.82, 2.24) is 5.32 Å². The summed E-state index contributed by atoms with van der Waals surface area (Å²) >= 11 is 1.57. The molecule has 1 aliphatic heterocycles. The first-order valence-corrected chi connectivity index (χ1v) is 12.7. The molecule has 0 fully saturated rings. The van der Waals surface area contributed by atoms with Crippen molar-refractivity contribution >= 4 is 29.3 Å². The minimum absolute atomic E-state index is 0.0508. The van der Waals surface area contributed by atoms with Crippen LogP contribution in [0.5, 0.6) is 0 Å². The van der Waals surface area contributed by atoms with Gasteiger partial charge in [-0.15, -0.1) is 0 Å². The van der Waals surface area contributed by atoms with Gasteiger partial charge in [0.05, 0.1) is 44.0 Å². The maximum absolute atomic E-state index is 13.7. The third kappa shape index (κ3) is 5.34. The molecule has 3 aromatic rings. The number of quaternary nitrogens is 1. The lowest BCUT2D eigenvalue weighted by Gasteiger charge is -2.24. The minimum Gasteiger partial charge on any atom is -0.346 e. The molecule has 3 aromatic carbocycles. The average molecular weight is 475 g/mol. The summed E-state index contributed by atoms with van der Waals surface area (Å²) in [5.41, 5.74) is 4.25. The summed E-state index contributed by atoms with van der Waals surface area (Å²) in [6.45, 7) is 10.4. The first-order chi connectivity index (χ1) is 16.5. The van der Waals surface area contributed by atoms with Gasteiger partial charge in [0, 0.05) is 15.4 Å². The Morgan fingerprint density at radius 3 is 2.44 bits per heavy atom. The monoisotopic (exact) mass is 474 g/mol. The van der Waals surface area contributed by atoms with E-state index in [0.717, 1.165) is 40.7 Å². The summed E-state index contributed by atoms with van der Waals surface area (Å²) in [5, 5.41) is 3.05. The van der Waals surface area contributed by atoms with E-state index in [4.69, 9.17) is 0 Å². The zero-order valence-electron chi connectivity index (χ0n) is 20.1. The van der Waals surface area contributed by atoms with Crippen molar-refractivity contribution in [2.75, 3.05) is 31.1 Å². The van der Waals surface area contributed by atoms with Gasteiger partial charge in [0.2, 0.25) is 0 Å². The van der Waals surface area contributed by atoms with E-state index in [1.807, 2.05) is 42.5 Å². The molecule has 5 nitrogen and oxygen atoms in total. The van der Waals surface area contributed by atoms with Crippen LogP contribution in [0, 0.1) is 6.92 Å². The molecular formula is C28H32N3O2S+. The van der Waals surface area contributed by atoms with E-state index in [1.165, 1.54) is 10.5 Å². The van der Waals surface area contributed by atoms with Crippen LogP contribution in [0.4, 0.5) is 5.69 Å². The van der Waals surface area contributed by atoms with Gasteiger partial charge in [-0.05, 0) is 56.7 Å². The average Bonchev–Trinajstić information content (AvgIpc) is 2.97. The molecule has 4 rings (SSSR count). The lowest BCUT2D eigenvalue weighted by molar-refractivity contribution is -0.895. The van der Waals surface area contributed by atoms with Crippen LogP contribution in [0.25, 0.3) is 0 Å². The smallest absolute Gasteiger partial charge is 0.259 e. The topological polar surface area (TPSA) is 53.9 Å². The molecule has 2 N–H and O–H groups in total. The van der Waals surface area contributed by atoms with E-state index in [1.54, 1.807) is 16.7 Å². The number of likely N-dealkylation sites (N-methyl/N-ethyl adjacent to an activating group) is 1. The van der Waals surface area contributed by atoms with Gasteiger partial charge in [0.15, 0.2) is 0 Å². The van der Waals surface area contributed by atoms with Crippen LogP contribution in [-0.2, 0) is 6.54 Å². The zero-order valence-corrected chi connectivity index (χ0v) is 20.9. The fourth-order valence-corrected chi connectivity index (χ4v) is 5.21. The van der Waals surface area contributed by atoms with Crippen molar-refractivity contribution in [2.24, 2.45) is 0 Å². The van der Waals surface area contributed by atoms with Gasteiger partial charge in [0.1, 0.15) is 0 Å². The number of benzene rings is 3. The Balaban J connectivity index is 1.65. The molecule has 6 heteroatoms. The molecule has 0 spiro atoms. The van der Waals surface area contributed by atoms with Crippen molar-refractivity contribution in [3.63, 3.8) is 0 Å². The molecule has 0 aromatic heterocycles. The molecule has 0 aliphatic carbocycles. The van der Waals surface area contributed by atoms with E-state index in [0.29, 0.717) is 24.2 Å². The molecule has 176 valence electrons. The predicted molar refractivity (Wildman–Crippen MR) is 138 cm³/mol. The quantitative estimate of drug-likeness (QED) is 0.520. The number of rotatable bonds is 8. The fourth-order valence-electron chi connectivity index (χ4n) is 4.15. The van der Waals surface area contributed by atoms with Gasteiger partial charge < -0.3 is 15.1 Å². The van der Waals surface area contributed by atoms with E-state index < -0.39 is 0 Å². The van der Waals surface area contributed by atoms with Crippen LogP contribution >= 0.6 is 11.8 Å². The highest BCUT2D eigenvalue weighted by molar-refractivity contribution is 7.99. The molecule has 1 aliphatic rings. The predicted octanol–water partition coefficient (Wildman–Crippen LogP) is 3.96. The third-order valence-corrected chi connectivity index (χ3v) is 7.46. The Labute approximate surface area is 206 Å². The van der Waals surface area contributed by atoms with Gasteiger partial charge >= 0.3 is 0 Å². The first kappa shape index (κ1) is 24.0. The molecule has 2 amide bonds. The first-order valence-electron chi connectivity index (χ1n) is 11.9. The number of fused-ring (bicyclic) bond motifs is 2. The maximum Gasteiger partial charge on any atom is 0.259 e. The van der Waals surface area contributed by atoms with E-state index in [2.05, 4.69) is 50.4 Å². The highest BCUT2D eigenvalue weighted by Gasteiger charge is 2.28. The number of carbonyl (C=O) groups excluding carboxylic acids is 2. The Morgan fingerprint density at radius 2 is 1.71 bits per heavy atom. The standard InChI is InChI=1S/C28H31N3O2S/c1-4-30(5-2)17-16-29-27(32)22-14-15-26-24(18-22)31(19-21-12-10-20(3)11-13-21)28(33)23-8-6-7-9-25(23)34-26/h6-15,18H,4-5,16-17,19H2,1-3H3,(H,29,32)/p+1. The number of hydrogen-bond donors (Lipinski definition) is 2. The van der Waals surface area contributed by atoms with E-state index in [-0.39, 0.29) is 11.8 Å². The summed E-state index contributed by atoms with van der Waals surface area (Å²) in [7, 11) is 0. The molecule has 0 bridgehead atoms. The number of nitrogens with zero attached hydrogens (tertiary/aromatic N) is 1. The van der Waals surface area contributed by atoms with Crippen LogP contribution in [0.1, 0.15) is 45.7 Å². The summed E-state index contributed by atoms with van der Waals surface area (Å²) < 4.78 is 0. The normalized spacial score (nSPS) is 12.8. The zero-order chi connectivity index (χ0) is 24.1. The highest BCUT2D eigenvalue weighted by atomic mass is 32.2. The van der Waals surface area contributed by atoms with Gasteiger partial charge in [-0.2, -0.15) is 0 Å². The van der Waals surface area contributed by atoms with Gasteiger partial charge in [-0.3, -0.25) is 9.59 Å². The van der Waals surface area contributed by atoms with Gasteiger partial charge in [-0.1, -0.05) is 53.7 Å². The molecule has 0 saturated heterocycles. The summed E-state index contributed by atoms with van der Waals surface area (Å²) in [4.78, 5) is 31.8. The second kappa shape index (κ2) is 10.9. The second-order valence-electron chi connectivity index (χ2n) is 8.62. The van der Waals surface area contributed by atoms with E-state index in [9.17, 15) is 9.59 Å². The van der Waals surface area contributed by atoms with Crippen LogP contribution in [0.3, 0.4) is 0 Å². The van der Waals surface area contributed by atoms with Crippen molar-refractivity contribution < 1.29 is 14.5 Å². The lowest BCUT2D eigenvalue weighted by atomic mass is 10.1. The number of aryl methyl sites for hydroxylation is 1. The number of nitrogens with one attached hydrogen (secondary N) is 2. The Hall–Kier alpha value is -3.09. The maximum atomic E-state index is 13.7. The lowest BCUT2D eigenvalue weighted by Crippen LogP contribution is -3.12. The fraction of sp³-hybridized carbons (Fsp3) is 0.286. The Kier molecular flexibility index (Phi) is 7.70. The Bertz CT molecular complexity index is 1170. The summed E-state index contributed by atoms with van der Waals surface area (Å²) in [6, 6.07) is 21.6. The molecular weight excluding hydrogens is 442 g/mol. The van der Waals surface area contributed by atoms with Crippen molar-refractivity contribution in [2.45, 2.75) is 37.1 Å². The van der Waals surface area contributed by atoms with Gasteiger partial charge in [-0.25, -0.2) is 0 Å².